The van der Waals surface area contributed by atoms with Gasteiger partial charge in [0, 0.05) is 0 Å². The molecule has 0 saturated heterocycles. The van der Waals surface area contributed by atoms with Crippen LogP contribution in [-0.4, -0.2) is 24.6 Å². The fourth-order valence-corrected chi connectivity index (χ4v) is 8.13. The number of hydrogen-bond donors (Lipinski definition) is 0. The molecule has 2 aromatic carbocycles. The lowest BCUT2D eigenvalue weighted by Crippen LogP contribution is -2.22. The van der Waals surface area contributed by atoms with Crippen molar-refractivity contribution in [1.82, 2.24) is 0 Å². The van der Waals surface area contributed by atoms with E-state index in [2.05, 4.69) is 13.8 Å². The van der Waals surface area contributed by atoms with Crippen molar-refractivity contribution < 1.29 is 19.1 Å². The third-order valence-electron chi connectivity index (χ3n) is 11.1. The van der Waals surface area contributed by atoms with E-state index in [0.29, 0.717) is 11.1 Å². The summed E-state index contributed by atoms with van der Waals surface area (Å²) in [5.74, 6) is 3.06. The maximum atomic E-state index is 12.7. The molecule has 2 aromatic rings. The summed E-state index contributed by atoms with van der Waals surface area (Å²) in [6.45, 7) is 6.41. The van der Waals surface area contributed by atoms with E-state index < -0.39 is 6.10 Å². The average Bonchev–Trinajstić information content (AvgIpc) is 3.09. The molecule has 0 heterocycles. The molecule has 2 aliphatic carbocycles. The van der Waals surface area contributed by atoms with Crippen LogP contribution in [0.2, 0.25) is 0 Å². The highest BCUT2D eigenvalue weighted by Gasteiger charge is 2.21. The third-order valence-corrected chi connectivity index (χ3v) is 11.1. The molecular formula is C43H64O4. The standard InChI is InChI=1S/C43H64O4/c1-4-10-34-16-20-36(21-17-34)12-6-8-14-38-24-28-40(29-25-38)42(44)46-32-33(3)47-43(45)41-30-26-39(27-31-41)15-9-7-13-37-22-18-35(11-5-2)19-23-37/h24-31,33-37H,4-23,32H2,1-3H3/t33-,34?,35?,36?,37?/m1/s1. The van der Waals surface area contributed by atoms with Crippen LogP contribution in [0.5, 0.6) is 0 Å². The molecule has 0 aromatic heterocycles. The lowest BCUT2D eigenvalue weighted by atomic mass is 9.78. The number of aryl methyl sites for hydroxylation is 2. The smallest absolute Gasteiger partial charge is 0.338 e. The van der Waals surface area contributed by atoms with Crippen LogP contribution in [0.25, 0.3) is 0 Å². The Kier molecular flexibility index (Phi) is 16.4. The summed E-state index contributed by atoms with van der Waals surface area (Å²) in [5.41, 5.74) is 3.60. The Labute approximate surface area is 286 Å². The van der Waals surface area contributed by atoms with Crippen molar-refractivity contribution in [2.75, 3.05) is 6.61 Å². The van der Waals surface area contributed by atoms with Crippen LogP contribution in [0, 0.1) is 23.7 Å². The van der Waals surface area contributed by atoms with Gasteiger partial charge in [-0.1, -0.05) is 141 Å². The van der Waals surface area contributed by atoms with E-state index in [0.717, 1.165) is 36.5 Å². The lowest BCUT2D eigenvalue weighted by molar-refractivity contribution is 0.00448. The van der Waals surface area contributed by atoms with Gasteiger partial charge in [-0.2, -0.15) is 0 Å². The Morgan fingerprint density at radius 1 is 0.574 bits per heavy atom. The summed E-state index contributed by atoms with van der Waals surface area (Å²) >= 11 is 0. The highest BCUT2D eigenvalue weighted by atomic mass is 16.6. The molecule has 2 saturated carbocycles. The van der Waals surface area contributed by atoms with Crippen LogP contribution in [0.4, 0.5) is 0 Å². The van der Waals surface area contributed by atoms with Crippen molar-refractivity contribution in [1.29, 1.82) is 0 Å². The molecule has 0 radical (unpaired) electrons. The van der Waals surface area contributed by atoms with Crippen LogP contribution >= 0.6 is 0 Å². The summed E-state index contributed by atoms with van der Waals surface area (Å²) < 4.78 is 11.0. The predicted molar refractivity (Wildman–Crippen MR) is 194 cm³/mol. The molecule has 0 bridgehead atoms. The van der Waals surface area contributed by atoms with Crippen molar-refractivity contribution in [3.8, 4) is 0 Å². The number of rotatable bonds is 19. The second-order valence-electron chi connectivity index (χ2n) is 15.1. The third kappa shape index (κ3) is 13.4. The minimum absolute atomic E-state index is 0.0328. The number of carbonyl (C=O) groups is 2. The topological polar surface area (TPSA) is 52.6 Å². The van der Waals surface area contributed by atoms with Gasteiger partial charge >= 0.3 is 11.9 Å². The van der Waals surface area contributed by atoms with Crippen molar-refractivity contribution in [3.05, 3.63) is 70.8 Å². The van der Waals surface area contributed by atoms with Gasteiger partial charge in [-0.25, -0.2) is 9.59 Å². The van der Waals surface area contributed by atoms with Crippen LogP contribution in [0.1, 0.15) is 168 Å². The van der Waals surface area contributed by atoms with Crippen molar-refractivity contribution in [2.24, 2.45) is 23.7 Å². The maximum absolute atomic E-state index is 12.7. The normalized spacial score (nSPS) is 22.0. The highest BCUT2D eigenvalue weighted by molar-refractivity contribution is 5.90. The molecule has 2 fully saturated rings. The van der Waals surface area contributed by atoms with E-state index in [4.69, 9.17) is 9.47 Å². The van der Waals surface area contributed by atoms with E-state index in [1.165, 1.54) is 127 Å². The summed E-state index contributed by atoms with van der Waals surface area (Å²) in [7, 11) is 0. The summed E-state index contributed by atoms with van der Waals surface area (Å²) in [5, 5.41) is 0. The molecule has 0 spiro atoms. The minimum Gasteiger partial charge on any atom is -0.458 e. The van der Waals surface area contributed by atoms with E-state index in [-0.39, 0.29) is 18.5 Å². The molecule has 1 atom stereocenters. The van der Waals surface area contributed by atoms with E-state index in [9.17, 15) is 9.59 Å². The zero-order chi connectivity index (χ0) is 33.3. The molecule has 4 nitrogen and oxygen atoms in total. The van der Waals surface area contributed by atoms with Crippen LogP contribution < -0.4 is 0 Å². The van der Waals surface area contributed by atoms with Crippen molar-refractivity contribution in [3.63, 3.8) is 0 Å². The number of benzene rings is 2. The Balaban J connectivity index is 1.06. The zero-order valence-electron chi connectivity index (χ0n) is 30.0. The van der Waals surface area contributed by atoms with Crippen molar-refractivity contribution in [2.45, 2.75) is 155 Å². The van der Waals surface area contributed by atoms with Gasteiger partial charge in [0.1, 0.15) is 12.7 Å². The Morgan fingerprint density at radius 2 is 0.957 bits per heavy atom. The van der Waals surface area contributed by atoms with Crippen LogP contribution in [0.3, 0.4) is 0 Å². The average molecular weight is 645 g/mol. The zero-order valence-corrected chi connectivity index (χ0v) is 30.0. The molecule has 2 aliphatic rings. The van der Waals surface area contributed by atoms with Gasteiger partial charge in [0.25, 0.3) is 0 Å². The van der Waals surface area contributed by atoms with E-state index in [1.54, 1.807) is 6.92 Å². The molecular weight excluding hydrogens is 580 g/mol. The van der Waals surface area contributed by atoms with Crippen molar-refractivity contribution >= 4 is 11.9 Å². The Bertz CT molecular complexity index is 1150. The van der Waals surface area contributed by atoms with Gasteiger partial charge in [0.05, 0.1) is 11.1 Å². The van der Waals surface area contributed by atoms with Gasteiger partial charge < -0.3 is 9.47 Å². The Morgan fingerprint density at radius 3 is 1.36 bits per heavy atom. The van der Waals surface area contributed by atoms with Gasteiger partial charge in [-0.3, -0.25) is 0 Å². The largest absolute Gasteiger partial charge is 0.458 e. The number of hydrogen-bond acceptors (Lipinski definition) is 4. The second-order valence-corrected chi connectivity index (χ2v) is 15.1. The van der Waals surface area contributed by atoms with Gasteiger partial charge in [-0.05, 0) is 91.7 Å². The molecule has 47 heavy (non-hydrogen) atoms. The molecule has 0 N–H and O–H groups in total. The quantitative estimate of drug-likeness (QED) is 0.113. The number of ether oxygens (including phenoxy) is 2. The van der Waals surface area contributed by atoms with Gasteiger partial charge in [-0.15, -0.1) is 0 Å². The second kappa shape index (κ2) is 20.7. The van der Waals surface area contributed by atoms with E-state index >= 15 is 0 Å². The number of carbonyl (C=O) groups excluding carboxylic acids is 2. The lowest BCUT2D eigenvalue weighted by Gasteiger charge is -2.28. The summed E-state index contributed by atoms with van der Waals surface area (Å²) in [6.07, 6.45) is 26.2. The fourth-order valence-electron chi connectivity index (χ4n) is 8.13. The van der Waals surface area contributed by atoms with Crippen LogP contribution in [-0.2, 0) is 22.3 Å². The van der Waals surface area contributed by atoms with Gasteiger partial charge in [0.2, 0.25) is 0 Å². The van der Waals surface area contributed by atoms with Gasteiger partial charge in [0.15, 0.2) is 0 Å². The molecule has 0 unspecified atom stereocenters. The monoisotopic (exact) mass is 644 g/mol. The first-order valence-electron chi connectivity index (χ1n) is 19.5. The summed E-state index contributed by atoms with van der Waals surface area (Å²) in [4.78, 5) is 25.3. The Hall–Kier alpha value is -2.62. The highest BCUT2D eigenvalue weighted by Crippen LogP contribution is 2.35. The molecule has 0 aliphatic heterocycles. The molecule has 4 rings (SSSR count). The van der Waals surface area contributed by atoms with E-state index in [1.807, 2.05) is 48.5 Å². The fraction of sp³-hybridized carbons (Fsp3) is 0.674. The number of esters is 2. The first kappa shape index (κ1) is 37.2. The predicted octanol–water partition coefficient (Wildman–Crippen LogP) is 11.7. The number of unbranched alkanes of at least 4 members (excludes halogenated alkanes) is 2. The maximum Gasteiger partial charge on any atom is 0.338 e. The first-order valence-corrected chi connectivity index (χ1v) is 19.5. The molecule has 0 amide bonds. The molecule has 4 heteroatoms. The SMILES string of the molecule is CCCC1CCC(CCCCc2ccc(C(=O)OC[C@@H](C)OC(=O)c3ccc(CCCCC4CCC(CCC)CC4)cc3)cc2)CC1. The minimum atomic E-state index is -0.524. The first-order chi connectivity index (χ1) is 22.9. The summed E-state index contributed by atoms with van der Waals surface area (Å²) in [6, 6.07) is 15.6. The van der Waals surface area contributed by atoms with Crippen LogP contribution in [0.15, 0.2) is 48.5 Å². The molecule has 260 valence electrons.